The third kappa shape index (κ3) is 3.51. The number of H-pyrrole nitrogens is 1. The van der Waals surface area contributed by atoms with Gasteiger partial charge in [0.25, 0.3) is 5.91 Å². The number of rotatable bonds is 5. The van der Waals surface area contributed by atoms with Crippen LogP contribution >= 0.6 is 0 Å². The van der Waals surface area contributed by atoms with E-state index < -0.39 is 5.82 Å². The lowest BCUT2D eigenvalue weighted by Gasteiger charge is -2.05. The Bertz CT molecular complexity index is 517. The zero-order chi connectivity index (χ0) is 12.8. The Hall–Kier alpha value is -2.51. The van der Waals surface area contributed by atoms with E-state index in [1.54, 1.807) is 6.07 Å². The fraction of sp³-hybridized carbons (Fsp3) is 0.200. The van der Waals surface area contributed by atoms with Gasteiger partial charge in [-0.1, -0.05) is 11.3 Å². The lowest BCUT2D eigenvalue weighted by molar-refractivity contribution is -0.123. The Morgan fingerprint density at radius 2 is 2.39 bits per heavy atom. The number of hydrogen-bond donors (Lipinski definition) is 2. The van der Waals surface area contributed by atoms with Gasteiger partial charge in [0.1, 0.15) is 11.6 Å². The molecule has 0 unspecified atom stereocenters. The van der Waals surface area contributed by atoms with Crippen LogP contribution in [0.5, 0.6) is 5.75 Å². The molecule has 1 heterocycles. The summed E-state index contributed by atoms with van der Waals surface area (Å²) >= 11 is 0. The second-order valence-corrected chi connectivity index (χ2v) is 3.35. The van der Waals surface area contributed by atoms with E-state index in [0.717, 1.165) is 0 Å². The number of nitrogens with one attached hydrogen (secondary N) is 2. The second kappa shape index (κ2) is 5.71. The summed E-state index contributed by atoms with van der Waals surface area (Å²) in [7, 11) is 0. The molecule has 2 aromatic rings. The SMILES string of the molecule is O=C(COc1cccc(F)c1)NCc1nn[nH]n1. The fourth-order valence-electron chi connectivity index (χ4n) is 1.19. The monoisotopic (exact) mass is 251 g/mol. The number of tetrazole rings is 1. The standard InChI is InChI=1S/C10H10FN5O2/c11-7-2-1-3-8(4-7)18-6-10(17)12-5-9-13-15-16-14-9/h1-4H,5-6H2,(H,12,17)(H,13,14,15,16). The highest BCUT2D eigenvalue weighted by molar-refractivity contribution is 5.77. The van der Waals surface area contributed by atoms with Crippen molar-refractivity contribution >= 4 is 5.91 Å². The largest absolute Gasteiger partial charge is 0.484 e. The third-order valence-electron chi connectivity index (χ3n) is 2.00. The number of benzene rings is 1. The highest BCUT2D eigenvalue weighted by atomic mass is 19.1. The lowest BCUT2D eigenvalue weighted by atomic mass is 10.3. The molecule has 0 aliphatic heterocycles. The van der Waals surface area contributed by atoms with Gasteiger partial charge in [0.2, 0.25) is 0 Å². The quantitative estimate of drug-likeness (QED) is 0.782. The molecule has 0 saturated carbocycles. The van der Waals surface area contributed by atoms with Crippen LogP contribution in [-0.2, 0) is 11.3 Å². The van der Waals surface area contributed by atoms with Crippen LogP contribution in [0.4, 0.5) is 4.39 Å². The molecule has 1 amide bonds. The van der Waals surface area contributed by atoms with E-state index in [0.29, 0.717) is 11.6 Å². The lowest BCUT2D eigenvalue weighted by Crippen LogP contribution is -2.28. The Morgan fingerprint density at radius 1 is 1.50 bits per heavy atom. The van der Waals surface area contributed by atoms with Crippen molar-refractivity contribution in [1.29, 1.82) is 0 Å². The molecule has 0 spiro atoms. The minimum Gasteiger partial charge on any atom is -0.484 e. The Morgan fingerprint density at radius 3 is 3.11 bits per heavy atom. The van der Waals surface area contributed by atoms with E-state index in [2.05, 4.69) is 25.9 Å². The third-order valence-corrected chi connectivity index (χ3v) is 2.00. The molecule has 0 atom stereocenters. The molecule has 94 valence electrons. The van der Waals surface area contributed by atoms with Gasteiger partial charge in [-0.15, -0.1) is 10.2 Å². The normalized spacial score (nSPS) is 10.1. The van der Waals surface area contributed by atoms with Crippen molar-refractivity contribution in [3.05, 3.63) is 35.9 Å². The number of hydrogen-bond acceptors (Lipinski definition) is 5. The van der Waals surface area contributed by atoms with Gasteiger partial charge in [-0.3, -0.25) is 4.79 Å². The zero-order valence-corrected chi connectivity index (χ0v) is 9.26. The van der Waals surface area contributed by atoms with Crippen LogP contribution in [0.2, 0.25) is 0 Å². The minimum atomic E-state index is -0.417. The van der Waals surface area contributed by atoms with Gasteiger partial charge in [0, 0.05) is 6.07 Å². The maximum Gasteiger partial charge on any atom is 0.258 e. The van der Waals surface area contributed by atoms with Crippen LogP contribution < -0.4 is 10.1 Å². The molecule has 0 saturated heterocycles. The molecule has 0 aliphatic rings. The fourth-order valence-corrected chi connectivity index (χ4v) is 1.19. The van der Waals surface area contributed by atoms with Crippen LogP contribution in [0, 0.1) is 5.82 Å². The van der Waals surface area contributed by atoms with Gasteiger partial charge < -0.3 is 10.1 Å². The van der Waals surface area contributed by atoms with Crippen LogP contribution in [-0.4, -0.2) is 33.1 Å². The van der Waals surface area contributed by atoms with Gasteiger partial charge in [-0.25, -0.2) is 4.39 Å². The molecule has 2 N–H and O–H groups in total. The van der Waals surface area contributed by atoms with E-state index in [1.165, 1.54) is 18.2 Å². The molecule has 1 aromatic heterocycles. The zero-order valence-electron chi connectivity index (χ0n) is 9.26. The van der Waals surface area contributed by atoms with Crippen molar-refractivity contribution in [3.8, 4) is 5.75 Å². The van der Waals surface area contributed by atoms with E-state index in [1.807, 2.05) is 0 Å². The molecule has 7 nitrogen and oxygen atoms in total. The van der Waals surface area contributed by atoms with E-state index in [4.69, 9.17) is 4.74 Å². The summed E-state index contributed by atoms with van der Waals surface area (Å²) in [4.78, 5) is 11.4. The minimum absolute atomic E-state index is 0.155. The molecule has 0 radical (unpaired) electrons. The van der Waals surface area contributed by atoms with Gasteiger partial charge in [0.05, 0.1) is 6.54 Å². The number of carbonyl (C=O) groups is 1. The number of aromatic amines is 1. The predicted molar refractivity (Wildman–Crippen MR) is 57.9 cm³/mol. The highest BCUT2D eigenvalue weighted by Gasteiger charge is 2.05. The first kappa shape index (κ1) is 12.0. The molecule has 0 fully saturated rings. The molecule has 0 aliphatic carbocycles. The molecule has 1 aromatic carbocycles. The van der Waals surface area contributed by atoms with E-state index in [9.17, 15) is 9.18 Å². The first-order valence-electron chi connectivity index (χ1n) is 5.11. The maximum atomic E-state index is 12.8. The first-order chi connectivity index (χ1) is 8.74. The van der Waals surface area contributed by atoms with Gasteiger partial charge in [-0.2, -0.15) is 5.21 Å². The average molecular weight is 251 g/mol. The van der Waals surface area contributed by atoms with Crippen molar-refractivity contribution in [2.24, 2.45) is 0 Å². The predicted octanol–water partition coefficient (Wildman–Crippen LogP) is 0.0340. The van der Waals surface area contributed by atoms with E-state index in [-0.39, 0.29) is 19.1 Å². The molecule has 18 heavy (non-hydrogen) atoms. The van der Waals surface area contributed by atoms with Crippen molar-refractivity contribution in [3.63, 3.8) is 0 Å². The number of amides is 1. The van der Waals surface area contributed by atoms with Gasteiger partial charge in [-0.05, 0) is 12.1 Å². The summed E-state index contributed by atoms with van der Waals surface area (Å²) in [5.41, 5.74) is 0. The van der Waals surface area contributed by atoms with Crippen molar-refractivity contribution in [1.82, 2.24) is 25.9 Å². The first-order valence-corrected chi connectivity index (χ1v) is 5.11. The summed E-state index contributed by atoms with van der Waals surface area (Å²) in [5, 5.41) is 15.5. The summed E-state index contributed by atoms with van der Waals surface area (Å²) in [6, 6.07) is 5.56. The van der Waals surface area contributed by atoms with Crippen molar-refractivity contribution < 1.29 is 13.9 Å². The maximum absolute atomic E-state index is 12.8. The molecule has 0 bridgehead atoms. The highest BCUT2D eigenvalue weighted by Crippen LogP contribution is 2.11. The molecule has 2 rings (SSSR count). The Kier molecular flexibility index (Phi) is 3.79. The van der Waals surface area contributed by atoms with E-state index >= 15 is 0 Å². The van der Waals surface area contributed by atoms with Crippen molar-refractivity contribution in [2.75, 3.05) is 6.61 Å². The van der Waals surface area contributed by atoms with Gasteiger partial charge in [0.15, 0.2) is 12.4 Å². The topological polar surface area (TPSA) is 92.8 Å². The number of nitrogens with zero attached hydrogens (tertiary/aromatic N) is 3. The summed E-state index contributed by atoms with van der Waals surface area (Å²) in [5.74, 6) is -0.109. The molecular formula is C10H10FN5O2. The number of ether oxygens (including phenoxy) is 1. The van der Waals surface area contributed by atoms with Crippen LogP contribution in [0.1, 0.15) is 5.82 Å². The van der Waals surface area contributed by atoms with Gasteiger partial charge >= 0.3 is 0 Å². The number of halogens is 1. The summed E-state index contributed by atoms with van der Waals surface area (Å²) in [6.07, 6.45) is 0. The smallest absolute Gasteiger partial charge is 0.258 e. The van der Waals surface area contributed by atoms with Crippen LogP contribution in [0.15, 0.2) is 24.3 Å². The second-order valence-electron chi connectivity index (χ2n) is 3.35. The summed E-state index contributed by atoms with van der Waals surface area (Å²) < 4.78 is 17.9. The van der Waals surface area contributed by atoms with Crippen LogP contribution in [0.25, 0.3) is 0 Å². The van der Waals surface area contributed by atoms with Crippen molar-refractivity contribution in [2.45, 2.75) is 6.54 Å². The summed E-state index contributed by atoms with van der Waals surface area (Å²) in [6.45, 7) is -0.0524. The Labute approximate surface area is 101 Å². The molecule has 8 heteroatoms. The van der Waals surface area contributed by atoms with Crippen LogP contribution in [0.3, 0.4) is 0 Å². The number of aromatic nitrogens is 4. The Balaban J connectivity index is 1.75. The average Bonchev–Trinajstić information content (AvgIpc) is 2.87. The molecular weight excluding hydrogens is 241 g/mol. The number of carbonyl (C=O) groups excluding carboxylic acids is 1.